The van der Waals surface area contributed by atoms with Gasteiger partial charge in [0.25, 0.3) is 0 Å². The Morgan fingerprint density at radius 3 is 2.41 bits per heavy atom. The predicted octanol–water partition coefficient (Wildman–Crippen LogP) is 3.26. The van der Waals surface area contributed by atoms with Crippen molar-refractivity contribution < 1.29 is 22.7 Å². The number of nitrogens with zero attached hydrogens (tertiary/aromatic N) is 3. The molecule has 2 amide bonds. The highest BCUT2D eigenvalue weighted by Gasteiger charge is 2.33. The molecule has 0 aliphatic heterocycles. The third-order valence-electron chi connectivity index (χ3n) is 6.14. The SMILES string of the molecule is CCCCNC(=O)[C@@H](C)N(Cc1cccc(OC)c1)C(=O)CN(c1cc(C)ccc1C)S(=O)(=O)N(C)C. The molecule has 0 aliphatic carbocycles. The van der Waals surface area contributed by atoms with Crippen molar-refractivity contribution in [3.8, 4) is 5.75 Å². The minimum atomic E-state index is -4.01. The third kappa shape index (κ3) is 7.93. The highest BCUT2D eigenvalue weighted by atomic mass is 32.2. The lowest BCUT2D eigenvalue weighted by molar-refractivity contribution is -0.139. The molecule has 0 saturated heterocycles. The van der Waals surface area contributed by atoms with E-state index >= 15 is 0 Å². The number of anilines is 1. The summed E-state index contributed by atoms with van der Waals surface area (Å²) < 4.78 is 34.2. The molecular formula is C27H40N4O5S. The van der Waals surface area contributed by atoms with E-state index in [2.05, 4.69) is 5.32 Å². The van der Waals surface area contributed by atoms with Crippen LogP contribution in [0.1, 0.15) is 43.4 Å². The van der Waals surface area contributed by atoms with Crippen LogP contribution >= 0.6 is 0 Å². The minimum absolute atomic E-state index is 0.112. The number of aryl methyl sites for hydroxylation is 2. The first-order valence-electron chi connectivity index (χ1n) is 12.4. The number of ether oxygens (including phenoxy) is 1. The summed E-state index contributed by atoms with van der Waals surface area (Å²) in [7, 11) is 0.400. The summed E-state index contributed by atoms with van der Waals surface area (Å²) in [6, 6.07) is 11.9. The molecule has 0 spiro atoms. The number of unbranched alkanes of at least 4 members (excludes halogenated alkanes) is 1. The van der Waals surface area contributed by atoms with Crippen molar-refractivity contribution in [2.75, 3.05) is 38.6 Å². The molecular weight excluding hydrogens is 492 g/mol. The third-order valence-corrected chi connectivity index (χ3v) is 7.94. The molecule has 0 bridgehead atoms. The molecule has 2 aromatic rings. The molecule has 0 unspecified atom stereocenters. The van der Waals surface area contributed by atoms with Crippen LogP contribution in [-0.2, 0) is 26.3 Å². The summed E-state index contributed by atoms with van der Waals surface area (Å²) in [6.07, 6.45) is 1.75. The molecule has 0 aliphatic rings. The van der Waals surface area contributed by atoms with E-state index in [-0.39, 0.29) is 12.5 Å². The molecule has 2 rings (SSSR count). The van der Waals surface area contributed by atoms with E-state index in [0.29, 0.717) is 23.5 Å². The molecule has 9 nitrogen and oxygen atoms in total. The number of hydrogen-bond donors (Lipinski definition) is 1. The second-order valence-corrected chi connectivity index (χ2v) is 11.3. The molecule has 1 N–H and O–H groups in total. The lowest BCUT2D eigenvalue weighted by Crippen LogP contribution is -2.52. The summed E-state index contributed by atoms with van der Waals surface area (Å²) in [4.78, 5) is 28.2. The van der Waals surface area contributed by atoms with Crippen molar-refractivity contribution >= 4 is 27.7 Å². The Balaban J connectivity index is 2.48. The topological polar surface area (TPSA) is 99.3 Å². The second kappa shape index (κ2) is 13.4. The minimum Gasteiger partial charge on any atom is -0.497 e. The van der Waals surface area contributed by atoms with Crippen molar-refractivity contribution in [2.45, 2.75) is 53.1 Å². The molecule has 0 saturated carbocycles. The molecule has 2 aromatic carbocycles. The van der Waals surface area contributed by atoms with Gasteiger partial charge < -0.3 is 15.0 Å². The maximum absolute atomic E-state index is 13.8. The van der Waals surface area contributed by atoms with Crippen LogP contribution in [0.25, 0.3) is 0 Å². The molecule has 10 heteroatoms. The maximum Gasteiger partial charge on any atom is 0.304 e. The summed E-state index contributed by atoms with van der Waals surface area (Å²) >= 11 is 0. The van der Waals surface area contributed by atoms with Crippen molar-refractivity contribution in [1.82, 2.24) is 14.5 Å². The standard InChI is InChI=1S/C27H40N4O5S/c1-8-9-15-28-27(33)22(4)30(18-23-11-10-12-24(17-23)36-7)26(32)19-31(37(34,35)29(5)6)25-16-20(2)13-14-21(25)3/h10-14,16-17,22H,8-9,15,18-19H2,1-7H3,(H,28,33)/t22-/m1/s1. The average Bonchev–Trinajstić information content (AvgIpc) is 2.86. The zero-order valence-electron chi connectivity index (χ0n) is 22.9. The Labute approximate surface area is 221 Å². The van der Waals surface area contributed by atoms with E-state index in [9.17, 15) is 18.0 Å². The van der Waals surface area contributed by atoms with E-state index in [1.54, 1.807) is 39.2 Å². The summed E-state index contributed by atoms with van der Waals surface area (Å²) in [6.45, 7) is 7.51. The number of amides is 2. The van der Waals surface area contributed by atoms with Crippen LogP contribution < -0.4 is 14.4 Å². The number of benzene rings is 2. The van der Waals surface area contributed by atoms with Gasteiger partial charge in [0.15, 0.2) is 0 Å². The van der Waals surface area contributed by atoms with Gasteiger partial charge >= 0.3 is 10.2 Å². The molecule has 0 fully saturated rings. The number of methoxy groups -OCH3 is 1. The van der Waals surface area contributed by atoms with Crippen LogP contribution in [0, 0.1) is 13.8 Å². The molecule has 0 heterocycles. The van der Waals surface area contributed by atoms with Crippen molar-refractivity contribution in [1.29, 1.82) is 0 Å². The predicted molar refractivity (Wildman–Crippen MR) is 147 cm³/mol. The fourth-order valence-electron chi connectivity index (χ4n) is 3.78. The number of hydrogen-bond acceptors (Lipinski definition) is 5. The fraction of sp³-hybridized carbons (Fsp3) is 0.481. The molecule has 0 aromatic heterocycles. The van der Waals surface area contributed by atoms with Crippen molar-refractivity contribution in [3.63, 3.8) is 0 Å². The van der Waals surface area contributed by atoms with Gasteiger partial charge in [-0.15, -0.1) is 0 Å². The van der Waals surface area contributed by atoms with Crippen LogP contribution in [0.2, 0.25) is 0 Å². The van der Waals surface area contributed by atoms with E-state index in [1.807, 2.05) is 38.1 Å². The van der Waals surface area contributed by atoms with Gasteiger partial charge in [-0.1, -0.05) is 37.6 Å². The average molecular weight is 533 g/mol. The van der Waals surface area contributed by atoms with Gasteiger partial charge in [-0.3, -0.25) is 9.59 Å². The van der Waals surface area contributed by atoms with Crippen LogP contribution in [0.3, 0.4) is 0 Å². The van der Waals surface area contributed by atoms with E-state index < -0.39 is 28.7 Å². The number of carbonyl (C=O) groups excluding carboxylic acids is 2. The highest BCUT2D eigenvalue weighted by molar-refractivity contribution is 7.90. The van der Waals surface area contributed by atoms with Gasteiger partial charge in [-0.2, -0.15) is 12.7 Å². The van der Waals surface area contributed by atoms with Gasteiger partial charge in [0.05, 0.1) is 12.8 Å². The Hall–Kier alpha value is -3.11. The first kappa shape index (κ1) is 30.1. The van der Waals surface area contributed by atoms with Crippen molar-refractivity contribution in [3.05, 3.63) is 59.2 Å². The highest BCUT2D eigenvalue weighted by Crippen LogP contribution is 2.26. The van der Waals surface area contributed by atoms with Gasteiger partial charge in [0.2, 0.25) is 11.8 Å². The number of carbonyl (C=O) groups is 2. The molecule has 37 heavy (non-hydrogen) atoms. The van der Waals surface area contributed by atoms with Crippen molar-refractivity contribution in [2.24, 2.45) is 0 Å². The van der Waals surface area contributed by atoms with Gasteiger partial charge in [0, 0.05) is 27.2 Å². The monoisotopic (exact) mass is 532 g/mol. The van der Waals surface area contributed by atoms with Crippen LogP contribution in [0.5, 0.6) is 5.75 Å². The largest absolute Gasteiger partial charge is 0.497 e. The summed E-state index contributed by atoms with van der Waals surface area (Å²) in [5, 5.41) is 2.88. The fourth-order valence-corrected chi connectivity index (χ4v) is 4.89. The lowest BCUT2D eigenvalue weighted by atomic mass is 10.1. The van der Waals surface area contributed by atoms with E-state index in [1.165, 1.54) is 19.0 Å². The van der Waals surface area contributed by atoms with Gasteiger partial charge in [-0.25, -0.2) is 4.31 Å². The van der Waals surface area contributed by atoms with E-state index in [4.69, 9.17) is 4.74 Å². The smallest absolute Gasteiger partial charge is 0.304 e. The first-order chi connectivity index (χ1) is 17.4. The van der Waals surface area contributed by atoms with E-state index in [0.717, 1.165) is 32.6 Å². The maximum atomic E-state index is 13.8. The Kier molecular flexibility index (Phi) is 10.9. The quantitative estimate of drug-likeness (QED) is 0.399. The van der Waals surface area contributed by atoms with Crippen LogP contribution in [0.15, 0.2) is 42.5 Å². The number of rotatable bonds is 13. The number of nitrogens with one attached hydrogen (secondary N) is 1. The Bertz CT molecular complexity index is 1180. The Morgan fingerprint density at radius 2 is 1.78 bits per heavy atom. The lowest BCUT2D eigenvalue weighted by Gasteiger charge is -2.33. The van der Waals surface area contributed by atoms with Gasteiger partial charge in [-0.05, 0) is 62.1 Å². The van der Waals surface area contributed by atoms with Crippen LogP contribution in [0.4, 0.5) is 5.69 Å². The summed E-state index contributed by atoms with van der Waals surface area (Å²) in [5.74, 6) is -0.164. The summed E-state index contributed by atoms with van der Waals surface area (Å²) in [5.41, 5.74) is 2.76. The molecule has 204 valence electrons. The van der Waals surface area contributed by atoms with Crippen LogP contribution in [-0.4, -0.2) is 69.8 Å². The first-order valence-corrected chi connectivity index (χ1v) is 13.8. The molecule has 0 radical (unpaired) electrons. The van der Waals surface area contributed by atoms with Gasteiger partial charge in [0.1, 0.15) is 18.3 Å². The molecule has 1 atom stereocenters. The second-order valence-electron chi connectivity index (χ2n) is 9.28. The normalized spacial score (nSPS) is 12.2. The zero-order valence-corrected chi connectivity index (χ0v) is 23.8. The zero-order chi connectivity index (χ0) is 27.8. The Morgan fingerprint density at radius 1 is 1.08 bits per heavy atom.